The number of aromatic nitrogens is 2. The van der Waals surface area contributed by atoms with Crippen molar-refractivity contribution in [3.05, 3.63) is 53.2 Å². The van der Waals surface area contributed by atoms with Gasteiger partial charge in [0, 0.05) is 36.5 Å². The number of hydrogen-bond acceptors (Lipinski definition) is 7. The van der Waals surface area contributed by atoms with Gasteiger partial charge in [-0.1, -0.05) is 37.3 Å². The van der Waals surface area contributed by atoms with E-state index in [1.165, 1.54) is 17.4 Å². The third kappa shape index (κ3) is 3.26. The zero-order valence-electron chi connectivity index (χ0n) is 17.4. The zero-order valence-corrected chi connectivity index (χ0v) is 18.2. The average molecular weight is 423 g/mol. The van der Waals surface area contributed by atoms with Gasteiger partial charge in [0.15, 0.2) is 0 Å². The van der Waals surface area contributed by atoms with E-state index >= 15 is 0 Å². The predicted octanol–water partition coefficient (Wildman–Crippen LogP) is 3.68. The summed E-state index contributed by atoms with van der Waals surface area (Å²) < 4.78 is 5.12. The molecule has 1 atom stereocenters. The molecule has 30 heavy (non-hydrogen) atoms. The van der Waals surface area contributed by atoms with Crippen LogP contribution in [0.15, 0.2) is 42.7 Å². The molecular formula is C23H26N4O2S. The predicted molar refractivity (Wildman–Crippen MR) is 119 cm³/mol. The Morgan fingerprint density at radius 3 is 2.77 bits per heavy atom. The minimum atomic E-state index is -0.328. The van der Waals surface area contributed by atoms with Crippen molar-refractivity contribution in [3.8, 4) is 0 Å². The molecular weight excluding hydrogens is 396 g/mol. The first kappa shape index (κ1) is 19.5. The molecule has 2 aromatic heterocycles. The SMILES string of the molecule is CCc1cc2c(N3CCC4(C3)CN(C(C(=O)OC)c3ccccc3)C4)ncnc2s1. The van der Waals surface area contributed by atoms with Crippen LogP contribution in [0.25, 0.3) is 10.2 Å². The summed E-state index contributed by atoms with van der Waals surface area (Å²) in [6, 6.07) is 11.9. The molecule has 0 bridgehead atoms. The van der Waals surface area contributed by atoms with Gasteiger partial charge in [0.2, 0.25) is 0 Å². The summed E-state index contributed by atoms with van der Waals surface area (Å²) in [5.41, 5.74) is 1.21. The Morgan fingerprint density at radius 2 is 2.03 bits per heavy atom. The lowest BCUT2D eigenvalue weighted by Gasteiger charge is -2.50. The second kappa shape index (κ2) is 7.63. The van der Waals surface area contributed by atoms with Crippen LogP contribution in [-0.4, -0.2) is 54.1 Å². The standard InChI is InChI=1S/C23H26N4O2S/c1-3-17-11-18-20(24-15-25-21(18)30-17)26-10-9-23(12-26)13-27(14-23)19(22(28)29-2)16-7-5-4-6-8-16/h4-8,11,15,19H,3,9-10,12-14H2,1-2H3. The van der Waals surface area contributed by atoms with Gasteiger partial charge in [0.05, 0.1) is 12.5 Å². The maximum atomic E-state index is 12.5. The van der Waals surface area contributed by atoms with E-state index in [1.807, 2.05) is 30.3 Å². The second-order valence-electron chi connectivity index (χ2n) is 8.40. The number of thiophene rings is 1. The molecule has 2 saturated heterocycles. The van der Waals surface area contributed by atoms with Gasteiger partial charge in [-0.05, 0) is 24.5 Å². The number of ether oxygens (including phenoxy) is 1. The maximum absolute atomic E-state index is 12.5. The van der Waals surface area contributed by atoms with Gasteiger partial charge in [-0.15, -0.1) is 11.3 Å². The van der Waals surface area contributed by atoms with Crippen molar-refractivity contribution >= 4 is 33.3 Å². The van der Waals surface area contributed by atoms with Gasteiger partial charge in [-0.3, -0.25) is 4.90 Å². The molecule has 1 aromatic carbocycles. The number of fused-ring (bicyclic) bond motifs is 1. The first-order valence-electron chi connectivity index (χ1n) is 10.5. The van der Waals surface area contributed by atoms with Crippen LogP contribution in [-0.2, 0) is 16.0 Å². The Kier molecular flexibility index (Phi) is 4.95. The molecule has 1 spiro atoms. The molecule has 0 aliphatic carbocycles. The highest BCUT2D eigenvalue weighted by Crippen LogP contribution is 2.45. The molecule has 2 aliphatic heterocycles. The van der Waals surface area contributed by atoms with Gasteiger partial charge >= 0.3 is 5.97 Å². The van der Waals surface area contributed by atoms with E-state index in [9.17, 15) is 4.79 Å². The molecule has 2 aliphatic rings. The molecule has 0 radical (unpaired) electrons. The van der Waals surface area contributed by atoms with E-state index in [0.29, 0.717) is 0 Å². The number of benzene rings is 1. The molecule has 1 unspecified atom stereocenters. The summed E-state index contributed by atoms with van der Waals surface area (Å²) >= 11 is 1.76. The first-order valence-corrected chi connectivity index (χ1v) is 11.3. The average Bonchev–Trinajstić information content (AvgIpc) is 3.38. The van der Waals surface area contributed by atoms with Crippen molar-refractivity contribution in [1.29, 1.82) is 0 Å². The summed E-state index contributed by atoms with van der Waals surface area (Å²) in [5.74, 6) is 0.868. The highest BCUT2D eigenvalue weighted by Gasteiger charge is 2.51. The number of carbonyl (C=O) groups excluding carboxylic acids is 1. The first-order chi connectivity index (χ1) is 14.6. The van der Waals surface area contributed by atoms with Crippen molar-refractivity contribution in [2.45, 2.75) is 25.8 Å². The smallest absolute Gasteiger partial charge is 0.327 e. The Morgan fingerprint density at radius 1 is 1.23 bits per heavy atom. The fraction of sp³-hybridized carbons (Fsp3) is 0.435. The number of carbonyl (C=O) groups is 1. The molecule has 6 nitrogen and oxygen atoms in total. The summed E-state index contributed by atoms with van der Waals surface area (Å²) in [4.78, 5) is 28.7. The fourth-order valence-corrected chi connectivity index (χ4v) is 5.86. The van der Waals surface area contributed by atoms with Gasteiger partial charge in [0.1, 0.15) is 23.0 Å². The summed E-state index contributed by atoms with van der Waals surface area (Å²) in [6.45, 7) is 5.93. The van der Waals surface area contributed by atoms with Crippen molar-refractivity contribution in [2.75, 3.05) is 38.2 Å². The highest BCUT2D eigenvalue weighted by molar-refractivity contribution is 7.18. The minimum Gasteiger partial charge on any atom is -0.468 e. The van der Waals surface area contributed by atoms with Crippen molar-refractivity contribution in [3.63, 3.8) is 0 Å². The Balaban J connectivity index is 1.34. The van der Waals surface area contributed by atoms with Crippen LogP contribution in [0.4, 0.5) is 5.82 Å². The normalized spacial score (nSPS) is 19.2. The number of rotatable bonds is 5. The lowest BCUT2D eigenvalue weighted by molar-refractivity contribution is -0.153. The number of methoxy groups -OCH3 is 1. The molecule has 2 fully saturated rings. The molecule has 0 amide bonds. The van der Waals surface area contributed by atoms with Gasteiger partial charge in [-0.2, -0.15) is 0 Å². The quantitative estimate of drug-likeness (QED) is 0.585. The minimum absolute atomic E-state index is 0.186. The summed E-state index contributed by atoms with van der Waals surface area (Å²) in [7, 11) is 1.47. The van der Waals surface area contributed by atoms with Crippen molar-refractivity contribution in [2.24, 2.45) is 5.41 Å². The molecule has 4 heterocycles. The van der Waals surface area contributed by atoms with Crippen molar-refractivity contribution < 1.29 is 9.53 Å². The van der Waals surface area contributed by atoms with Crippen LogP contribution in [0.2, 0.25) is 0 Å². The topological polar surface area (TPSA) is 58.6 Å². The van der Waals surface area contributed by atoms with Crippen molar-refractivity contribution in [1.82, 2.24) is 14.9 Å². The van der Waals surface area contributed by atoms with E-state index in [0.717, 1.165) is 55.2 Å². The zero-order chi connectivity index (χ0) is 20.7. The Bertz CT molecular complexity index is 1060. The molecule has 0 N–H and O–H groups in total. The fourth-order valence-electron chi connectivity index (χ4n) is 4.93. The van der Waals surface area contributed by atoms with E-state index in [2.05, 4.69) is 32.8 Å². The number of aryl methyl sites for hydroxylation is 1. The van der Waals surface area contributed by atoms with E-state index in [1.54, 1.807) is 17.7 Å². The number of likely N-dealkylation sites (tertiary alicyclic amines) is 1. The lowest BCUT2D eigenvalue weighted by Crippen LogP contribution is -2.59. The Labute approximate surface area is 180 Å². The molecule has 7 heteroatoms. The highest BCUT2D eigenvalue weighted by atomic mass is 32.1. The summed E-state index contributed by atoms with van der Waals surface area (Å²) in [6.07, 6.45) is 3.82. The van der Waals surface area contributed by atoms with E-state index < -0.39 is 0 Å². The third-order valence-electron chi connectivity index (χ3n) is 6.43. The van der Waals surface area contributed by atoms with E-state index in [-0.39, 0.29) is 17.4 Å². The molecule has 156 valence electrons. The van der Waals surface area contributed by atoms with Crippen LogP contribution in [0.1, 0.15) is 29.8 Å². The van der Waals surface area contributed by atoms with Crippen LogP contribution in [0.5, 0.6) is 0 Å². The molecule has 3 aromatic rings. The molecule has 5 rings (SSSR count). The van der Waals surface area contributed by atoms with Gasteiger partial charge in [0.25, 0.3) is 0 Å². The summed E-state index contributed by atoms with van der Waals surface area (Å²) in [5, 5.41) is 1.17. The second-order valence-corrected chi connectivity index (χ2v) is 9.51. The van der Waals surface area contributed by atoms with Gasteiger partial charge < -0.3 is 9.64 Å². The number of esters is 1. The largest absolute Gasteiger partial charge is 0.468 e. The lowest BCUT2D eigenvalue weighted by atomic mass is 9.77. The monoisotopic (exact) mass is 422 g/mol. The molecule has 0 saturated carbocycles. The van der Waals surface area contributed by atoms with Gasteiger partial charge in [-0.25, -0.2) is 14.8 Å². The maximum Gasteiger partial charge on any atom is 0.327 e. The van der Waals surface area contributed by atoms with E-state index in [4.69, 9.17) is 4.74 Å². The van der Waals surface area contributed by atoms with Crippen LogP contribution in [0.3, 0.4) is 0 Å². The third-order valence-corrected chi connectivity index (χ3v) is 7.62. The van der Waals surface area contributed by atoms with Crippen LogP contribution >= 0.6 is 11.3 Å². The van der Waals surface area contributed by atoms with Crippen LogP contribution in [0, 0.1) is 5.41 Å². The number of nitrogens with zero attached hydrogens (tertiary/aromatic N) is 4. The van der Waals surface area contributed by atoms with Crippen LogP contribution < -0.4 is 4.90 Å². The number of hydrogen-bond donors (Lipinski definition) is 0. The Hall–Kier alpha value is -2.51. The number of anilines is 1.